The summed E-state index contributed by atoms with van der Waals surface area (Å²) in [6, 6.07) is 13.0. The van der Waals surface area contributed by atoms with Gasteiger partial charge in [-0.2, -0.15) is 0 Å². The van der Waals surface area contributed by atoms with Crippen molar-refractivity contribution in [1.29, 1.82) is 0 Å². The third kappa shape index (κ3) is 4.19. The SMILES string of the molecule is Cc1cccc(C(=O)NCC(=O)Nc2ccc(C)c(C)c2)c1. The summed E-state index contributed by atoms with van der Waals surface area (Å²) in [5, 5.41) is 5.40. The molecule has 2 amide bonds. The monoisotopic (exact) mass is 296 g/mol. The van der Waals surface area contributed by atoms with Crippen LogP contribution in [0, 0.1) is 20.8 Å². The van der Waals surface area contributed by atoms with Crippen molar-refractivity contribution >= 4 is 17.5 Å². The van der Waals surface area contributed by atoms with Crippen molar-refractivity contribution in [3.05, 3.63) is 64.7 Å². The van der Waals surface area contributed by atoms with E-state index in [2.05, 4.69) is 10.6 Å². The zero-order valence-electron chi connectivity index (χ0n) is 13.1. The van der Waals surface area contributed by atoms with E-state index in [-0.39, 0.29) is 18.4 Å². The highest BCUT2D eigenvalue weighted by atomic mass is 16.2. The van der Waals surface area contributed by atoms with Crippen LogP contribution in [0.4, 0.5) is 5.69 Å². The summed E-state index contributed by atoms with van der Waals surface area (Å²) in [6.45, 7) is 5.87. The van der Waals surface area contributed by atoms with Gasteiger partial charge >= 0.3 is 0 Å². The third-order valence-corrected chi connectivity index (χ3v) is 3.48. The van der Waals surface area contributed by atoms with Crippen molar-refractivity contribution in [3.63, 3.8) is 0 Å². The number of hydrogen-bond acceptors (Lipinski definition) is 2. The molecule has 114 valence electrons. The Morgan fingerprint density at radius 2 is 1.73 bits per heavy atom. The molecule has 2 rings (SSSR count). The molecule has 22 heavy (non-hydrogen) atoms. The Bertz CT molecular complexity index is 708. The molecule has 0 unspecified atom stereocenters. The van der Waals surface area contributed by atoms with Gasteiger partial charge in [-0.15, -0.1) is 0 Å². The van der Waals surface area contributed by atoms with E-state index < -0.39 is 0 Å². The molecule has 0 aromatic heterocycles. The van der Waals surface area contributed by atoms with Gasteiger partial charge in [-0.1, -0.05) is 23.8 Å². The molecule has 0 radical (unpaired) electrons. The minimum absolute atomic E-state index is 0.0559. The fourth-order valence-electron chi connectivity index (χ4n) is 2.07. The zero-order valence-corrected chi connectivity index (χ0v) is 13.1. The summed E-state index contributed by atoms with van der Waals surface area (Å²) >= 11 is 0. The average Bonchev–Trinajstić information content (AvgIpc) is 2.48. The summed E-state index contributed by atoms with van der Waals surface area (Å²) in [4.78, 5) is 23.8. The standard InChI is InChI=1S/C18H20N2O2/c1-12-5-4-6-15(9-12)18(22)19-11-17(21)20-16-8-7-13(2)14(3)10-16/h4-10H,11H2,1-3H3,(H,19,22)(H,20,21). The molecule has 2 N–H and O–H groups in total. The third-order valence-electron chi connectivity index (χ3n) is 3.48. The number of carbonyl (C=O) groups is 2. The fraction of sp³-hybridized carbons (Fsp3) is 0.222. The van der Waals surface area contributed by atoms with Gasteiger partial charge in [-0.05, 0) is 56.2 Å². The number of hydrogen-bond donors (Lipinski definition) is 2. The molecule has 2 aromatic rings. The first-order valence-electron chi connectivity index (χ1n) is 7.17. The molecule has 0 saturated heterocycles. The Kier molecular flexibility index (Phi) is 4.94. The maximum absolute atomic E-state index is 12.0. The Balaban J connectivity index is 1.90. The van der Waals surface area contributed by atoms with Crippen LogP contribution < -0.4 is 10.6 Å². The molecule has 0 fully saturated rings. The number of aryl methyl sites for hydroxylation is 3. The molecule has 0 atom stereocenters. The topological polar surface area (TPSA) is 58.2 Å². The van der Waals surface area contributed by atoms with Crippen molar-refractivity contribution in [3.8, 4) is 0 Å². The van der Waals surface area contributed by atoms with Gasteiger partial charge in [0.15, 0.2) is 0 Å². The van der Waals surface area contributed by atoms with Crippen LogP contribution in [0.15, 0.2) is 42.5 Å². The molecule has 0 spiro atoms. The highest BCUT2D eigenvalue weighted by Gasteiger charge is 2.08. The highest BCUT2D eigenvalue weighted by Crippen LogP contribution is 2.13. The molecule has 0 saturated carbocycles. The van der Waals surface area contributed by atoms with Gasteiger partial charge in [-0.25, -0.2) is 0 Å². The Hall–Kier alpha value is -2.62. The highest BCUT2D eigenvalue weighted by molar-refractivity contribution is 5.99. The normalized spacial score (nSPS) is 10.1. The van der Waals surface area contributed by atoms with E-state index in [9.17, 15) is 9.59 Å². The molecule has 0 heterocycles. The maximum Gasteiger partial charge on any atom is 0.251 e. The largest absolute Gasteiger partial charge is 0.343 e. The molecule has 0 aliphatic heterocycles. The number of carbonyl (C=O) groups excluding carboxylic acids is 2. The van der Waals surface area contributed by atoms with Gasteiger partial charge in [0.2, 0.25) is 5.91 Å². The second kappa shape index (κ2) is 6.89. The number of nitrogens with one attached hydrogen (secondary N) is 2. The predicted molar refractivity (Wildman–Crippen MR) is 88.1 cm³/mol. The minimum atomic E-state index is -0.251. The van der Waals surface area contributed by atoms with E-state index in [1.54, 1.807) is 12.1 Å². The van der Waals surface area contributed by atoms with Gasteiger partial charge in [0.25, 0.3) is 5.91 Å². The lowest BCUT2D eigenvalue weighted by molar-refractivity contribution is -0.115. The molecule has 0 aliphatic rings. The van der Waals surface area contributed by atoms with E-state index >= 15 is 0 Å². The van der Waals surface area contributed by atoms with Crippen LogP contribution >= 0.6 is 0 Å². The molecule has 0 aliphatic carbocycles. The first-order valence-corrected chi connectivity index (χ1v) is 7.17. The Morgan fingerprint density at radius 3 is 2.41 bits per heavy atom. The Morgan fingerprint density at radius 1 is 0.955 bits per heavy atom. The molecule has 2 aromatic carbocycles. The van der Waals surface area contributed by atoms with E-state index in [0.29, 0.717) is 5.56 Å². The van der Waals surface area contributed by atoms with Crippen molar-refractivity contribution < 1.29 is 9.59 Å². The van der Waals surface area contributed by atoms with Crippen molar-refractivity contribution in [2.24, 2.45) is 0 Å². The van der Waals surface area contributed by atoms with Crippen molar-refractivity contribution in [1.82, 2.24) is 5.32 Å². The number of anilines is 1. The molecule has 4 heteroatoms. The van der Waals surface area contributed by atoms with Crippen LogP contribution in [-0.4, -0.2) is 18.4 Å². The summed E-state index contributed by atoms with van der Waals surface area (Å²) in [5.41, 5.74) is 4.58. The van der Waals surface area contributed by atoms with Crippen LogP contribution in [0.25, 0.3) is 0 Å². The molecule has 4 nitrogen and oxygen atoms in total. The fourth-order valence-corrected chi connectivity index (χ4v) is 2.07. The van der Waals surface area contributed by atoms with Gasteiger partial charge in [0.05, 0.1) is 6.54 Å². The number of amides is 2. The number of rotatable bonds is 4. The van der Waals surface area contributed by atoms with Crippen LogP contribution in [0.5, 0.6) is 0 Å². The van der Waals surface area contributed by atoms with E-state index in [1.165, 1.54) is 5.56 Å². The lowest BCUT2D eigenvalue weighted by Gasteiger charge is -2.09. The average molecular weight is 296 g/mol. The minimum Gasteiger partial charge on any atom is -0.343 e. The zero-order chi connectivity index (χ0) is 16.1. The van der Waals surface area contributed by atoms with Gasteiger partial charge in [-0.3, -0.25) is 9.59 Å². The van der Waals surface area contributed by atoms with E-state index in [4.69, 9.17) is 0 Å². The molecular weight excluding hydrogens is 276 g/mol. The van der Waals surface area contributed by atoms with Crippen LogP contribution in [0.1, 0.15) is 27.0 Å². The van der Waals surface area contributed by atoms with Gasteiger partial charge in [0, 0.05) is 11.3 Å². The Labute approximate surface area is 130 Å². The summed E-state index contributed by atoms with van der Waals surface area (Å²) < 4.78 is 0. The van der Waals surface area contributed by atoms with E-state index in [0.717, 1.165) is 16.8 Å². The maximum atomic E-state index is 12.0. The summed E-state index contributed by atoms with van der Waals surface area (Å²) in [7, 11) is 0. The van der Waals surface area contributed by atoms with Crippen molar-refractivity contribution in [2.75, 3.05) is 11.9 Å². The second-order valence-corrected chi connectivity index (χ2v) is 5.40. The number of benzene rings is 2. The quantitative estimate of drug-likeness (QED) is 0.911. The lowest BCUT2D eigenvalue weighted by atomic mass is 10.1. The van der Waals surface area contributed by atoms with Crippen molar-refractivity contribution in [2.45, 2.75) is 20.8 Å². The smallest absolute Gasteiger partial charge is 0.251 e. The van der Waals surface area contributed by atoms with Gasteiger partial charge in [0.1, 0.15) is 0 Å². The lowest BCUT2D eigenvalue weighted by Crippen LogP contribution is -2.32. The van der Waals surface area contributed by atoms with E-state index in [1.807, 2.05) is 51.1 Å². The van der Waals surface area contributed by atoms with Crippen LogP contribution in [0.2, 0.25) is 0 Å². The molecule has 0 bridgehead atoms. The predicted octanol–water partition coefficient (Wildman–Crippen LogP) is 2.98. The summed E-state index contributed by atoms with van der Waals surface area (Å²) in [5.74, 6) is -0.497. The van der Waals surface area contributed by atoms with Gasteiger partial charge < -0.3 is 10.6 Å². The van der Waals surface area contributed by atoms with Crippen LogP contribution in [-0.2, 0) is 4.79 Å². The summed E-state index contributed by atoms with van der Waals surface area (Å²) in [6.07, 6.45) is 0. The first-order chi connectivity index (χ1) is 10.5. The molecular formula is C18H20N2O2. The first kappa shape index (κ1) is 15.8. The van der Waals surface area contributed by atoms with Crippen LogP contribution in [0.3, 0.4) is 0 Å². The second-order valence-electron chi connectivity index (χ2n) is 5.40.